The maximum absolute atomic E-state index is 12.5. The molecule has 1 aromatic carbocycles. The molecule has 0 saturated carbocycles. The van der Waals surface area contributed by atoms with Gasteiger partial charge >= 0.3 is 0 Å². The number of ether oxygens (including phenoxy) is 1. The van der Waals surface area contributed by atoms with Crippen molar-refractivity contribution in [3.05, 3.63) is 54.0 Å². The molecule has 0 unspecified atom stereocenters. The SMILES string of the molecule is COc1cccc(Nc2ccc(NS(=O)(=O)c3c(C)noc3C)nc2)c1. The van der Waals surface area contributed by atoms with Crippen molar-refractivity contribution in [2.24, 2.45) is 0 Å². The Kier molecular flexibility index (Phi) is 4.81. The number of nitrogens with one attached hydrogen (secondary N) is 2. The molecule has 2 heterocycles. The fourth-order valence-corrected chi connectivity index (χ4v) is 3.78. The van der Waals surface area contributed by atoms with Crippen LogP contribution in [-0.2, 0) is 10.0 Å². The lowest BCUT2D eigenvalue weighted by Gasteiger charge is -2.10. The van der Waals surface area contributed by atoms with E-state index in [-0.39, 0.29) is 16.5 Å². The average Bonchev–Trinajstić information content (AvgIpc) is 2.96. The van der Waals surface area contributed by atoms with Gasteiger partial charge < -0.3 is 14.6 Å². The van der Waals surface area contributed by atoms with Crippen LogP contribution in [0, 0.1) is 13.8 Å². The quantitative estimate of drug-likeness (QED) is 0.682. The van der Waals surface area contributed by atoms with Crippen molar-refractivity contribution in [3.63, 3.8) is 0 Å². The van der Waals surface area contributed by atoms with E-state index in [9.17, 15) is 8.42 Å². The first-order valence-corrected chi connectivity index (χ1v) is 9.20. The lowest BCUT2D eigenvalue weighted by Crippen LogP contribution is -2.15. The van der Waals surface area contributed by atoms with Crippen LogP contribution in [0.5, 0.6) is 5.75 Å². The fraction of sp³-hybridized carbons (Fsp3) is 0.176. The third-order valence-corrected chi connectivity index (χ3v) is 5.20. The predicted molar refractivity (Wildman–Crippen MR) is 97.3 cm³/mol. The van der Waals surface area contributed by atoms with Gasteiger partial charge in [0, 0.05) is 11.8 Å². The van der Waals surface area contributed by atoms with Crippen molar-refractivity contribution < 1.29 is 17.7 Å². The van der Waals surface area contributed by atoms with E-state index in [1.807, 2.05) is 24.3 Å². The Morgan fingerprint density at radius 1 is 1.12 bits per heavy atom. The van der Waals surface area contributed by atoms with Crippen molar-refractivity contribution in [2.45, 2.75) is 18.7 Å². The minimum atomic E-state index is -3.82. The zero-order valence-electron chi connectivity index (χ0n) is 14.5. The molecular weight excluding hydrogens is 356 g/mol. The van der Waals surface area contributed by atoms with E-state index in [0.717, 1.165) is 11.4 Å². The smallest absolute Gasteiger partial charge is 0.268 e. The highest BCUT2D eigenvalue weighted by Gasteiger charge is 2.24. The number of benzene rings is 1. The van der Waals surface area contributed by atoms with Crippen molar-refractivity contribution in [3.8, 4) is 5.75 Å². The summed E-state index contributed by atoms with van der Waals surface area (Å²) in [5.41, 5.74) is 1.83. The Morgan fingerprint density at radius 2 is 1.92 bits per heavy atom. The molecule has 0 atom stereocenters. The normalized spacial score (nSPS) is 11.2. The number of sulfonamides is 1. The van der Waals surface area contributed by atoms with E-state index in [1.165, 1.54) is 6.20 Å². The Balaban J connectivity index is 1.75. The summed E-state index contributed by atoms with van der Waals surface area (Å²) in [6.45, 7) is 3.11. The maximum Gasteiger partial charge on any atom is 0.268 e. The Labute approximate surface area is 151 Å². The van der Waals surface area contributed by atoms with Crippen LogP contribution in [-0.4, -0.2) is 25.7 Å². The van der Waals surface area contributed by atoms with E-state index >= 15 is 0 Å². The second-order valence-electron chi connectivity index (χ2n) is 5.55. The van der Waals surface area contributed by atoms with E-state index in [1.54, 1.807) is 33.1 Å². The lowest BCUT2D eigenvalue weighted by molar-refractivity contribution is 0.390. The third-order valence-electron chi connectivity index (χ3n) is 3.60. The van der Waals surface area contributed by atoms with E-state index < -0.39 is 10.0 Å². The second kappa shape index (κ2) is 7.04. The van der Waals surface area contributed by atoms with Crippen molar-refractivity contribution in [2.75, 3.05) is 17.1 Å². The monoisotopic (exact) mass is 374 g/mol. The van der Waals surface area contributed by atoms with E-state index in [2.05, 4.69) is 20.2 Å². The van der Waals surface area contributed by atoms with Crippen LogP contribution in [0.15, 0.2) is 52.0 Å². The highest BCUT2D eigenvalue weighted by molar-refractivity contribution is 7.92. The van der Waals surface area contributed by atoms with Gasteiger partial charge in [-0.05, 0) is 38.1 Å². The zero-order valence-corrected chi connectivity index (χ0v) is 15.3. The van der Waals surface area contributed by atoms with E-state index in [0.29, 0.717) is 11.4 Å². The summed E-state index contributed by atoms with van der Waals surface area (Å²) in [4.78, 5) is 4.16. The molecule has 2 aromatic heterocycles. The van der Waals surface area contributed by atoms with Crippen molar-refractivity contribution >= 4 is 27.2 Å². The van der Waals surface area contributed by atoms with Gasteiger partial charge in [0.25, 0.3) is 10.0 Å². The summed E-state index contributed by atoms with van der Waals surface area (Å²) in [5.74, 6) is 1.15. The van der Waals surface area contributed by atoms with Crippen LogP contribution in [0.25, 0.3) is 0 Å². The zero-order chi connectivity index (χ0) is 18.7. The Morgan fingerprint density at radius 3 is 2.54 bits per heavy atom. The molecule has 0 saturated heterocycles. The van der Waals surface area contributed by atoms with E-state index in [4.69, 9.17) is 9.26 Å². The molecule has 0 bridgehead atoms. The highest BCUT2D eigenvalue weighted by atomic mass is 32.2. The summed E-state index contributed by atoms with van der Waals surface area (Å²) in [6.07, 6.45) is 1.53. The van der Waals surface area contributed by atoms with Gasteiger partial charge in [0.1, 0.15) is 17.3 Å². The Bertz CT molecular complexity index is 994. The molecule has 0 radical (unpaired) electrons. The number of hydrogen-bond acceptors (Lipinski definition) is 7. The molecule has 0 aliphatic rings. The van der Waals surface area contributed by atoms with Crippen LogP contribution in [0.1, 0.15) is 11.5 Å². The minimum Gasteiger partial charge on any atom is -0.497 e. The number of aryl methyl sites for hydroxylation is 2. The van der Waals surface area contributed by atoms with Gasteiger partial charge in [0.05, 0.1) is 19.0 Å². The molecule has 26 heavy (non-hydrogen) atoms. The van der Waals surface area contributed by atoms with Crippen molar-refractivity contribution in [1.82, 2.24) is 10.1 Å². The molecule has 2 N–H and O–H groups in total. The summed E-state index contributed by atoms with van der Waals surface area (Å²) in [7, 11) is -2.22. The first kappa shape index (κ1) is 17.7. The number of hydrogen-bond donors (Lipinski definition) is 2. The molecule has 136 valence electrons. The van der Waals surface area contributed by atoms with Gasteiger partial charge in [-0.25, -0.2) is 13.4 Å². The number of methoxy groups -OCH3 is 1. The molecule has 8 nitrogen and oxygen atoms in total. The molecule has 3 rings (SSSR count). The first-order chi connectivity index (χ1) is 12.4. The molecule has 0 spiro atoms. The van der Waals surface area contributed by atoms with Gasteiger partial charge in [0.15, 0.2) is 10.7 Å². The topological polar surface area (TPSA) is 106 Å². The minimum absolute atomic E-state index is 0.0258. The number of anilines is 3. The summed E-state index contributed by atoms with van der Waals surface area (Å²) < 4.78 is 37.5. The Hall–Kier alpha value is -3.07. The van der Waals surface area contributed by atoms with Crippen LogP contribution in [0.4, 0.5) is 17.2 Å². The number of pyridine rings is 1. The van der Waals surface area contributed by atoms with Gasteiger partial charge in [-0.1, -0.05) is 11.2 Å². The largest absolute Gasteiger partial charge is 0.497 e. The van der Waals surface area contributed by atoms with Gasteiger partial charge in [-0.3, -0.25) is 4.72 Å². The number of aromatic nitrogens is 2. The summed E-state index contributed by atoms with van der Waals surface area (Å²) >= 11 is 0. The van der Waals surface area contributed by atoms with Crippen molar-refractivity contribution in [1.29, 1.82) is 0 Å². The number of rotatable bonds is 6. The second-order valence-corrected chi connectivity index (χ2v) is 7.17. The summed E-state index contributed by atoms with van der Waals surface area (Å²) in [6, 6.07) is 10.7. The van der Waals surface area contributed by atoms with Crippen LogP contribution in [0.2, 0.25) is 0 Å². The molecule has 0 fully saturated rings. The van der Waals surface area contributed by atoms with Crippen LogP contribution < -0.4 is 14.8 Å². The van der Waals surface area contributed by atoms with Crippen LogP contribution in [0.3, 0.4) is 0 Å². The van der Waals surface area contributed by atoms with Crippen LogP contribution >= 0.6 is 0 Å². The molecule has 3 aromatic rings. The predicted octanol–water partition coefficient (Wildman–Crippen LogP) is 3.24. The summed E-state index contributed by atoms with van der Waals surface area (Å²) in [5, 5.41) is 6.83. The average molecular weight is 374 g/mol. The molecule has 9 heteroatoms. The maximum atomic E-state index is 12.5. The fourth-order valence-electron chi connectivity index (χ4n) is 2.44. The number of nitrogens with zero attached hydrogens (tertiary/aromatic N) is 2. The van der Waals surface area contributed by atoms with Gasteiger partial charge in [-0.15, -0.1) is 0 Å². The highest BCUT2D eigenvalue weighted by Crippen LogP contribution is 2.24. The molecule has 0 aliphatic heterocycles. The van der Waals surface area contributed by atoms with Gasteiger partial charge in [0.2, 0.25) is 0 Å². The van der Waals surface area contributed by atoms with Gasteiger partial charge in [-0.2, -0.15) is 0 Å². The molecular formula is C17H18N4O4S. The third kappa shape index (κ3) is 3.77. The lowest BCUT2D eigenvalue weighted by atomic mass is 10.3. The standard InChI is InChI=1S/C17H18N4O4S/c1-11-17(12(2)25-20-11)26(22,23)21-16-8-7-14(10-18-16)19-13-5-4-6-15(9-13)24-3/h4-10,19H,1-3H3,(H,18,21). The molecule has 0 aliphatic carbocycles. The first-order valence-electron chi connectivity index (χ1n) is 7.72. The molecule has 0 amide bonds.